The number of nitrogens with two attached hydrogens (primary N) is 1. The lowest BCUT2D eigenvalue weighted by Gasteiger charge is -2.30. The molecule has 1 saturated heterocycles. The molecule has 4 rings (SSSR count). The minimum atomic E-state index is -0.276. The van der Waals surface area contributed by atoms with Gasteiger partial charge in [-0.25, -0.2) is 0 Å². The van der Waals surface area contributed by atoms with Crippen molar-refractivity contribution in [1.29, 1.82) is 0 Å². The Morgan fingerprint density at radius 2 is 2.03 bits per heavy atom. The summed E-state index contributed by atoms with van der Waals surface area (Å²) >= 11 is 1.43. The molecule has 1 fully saturated rings. The van der Waals surface area contributed by atoms with E-state index in [1.807, 2.05) is 34.6 Å². The molecule has 9 nitrogen and oxygen atoms in total. The van der Waals surface area contributed by atoms with Gasteiger partial charge in [0.2, 0.25) is 17.6 Å². The highest BCUT2D eigenvalue weighted by atomic mass is 32.1. The van der Waals surface area contributed by atoms with Crippen molar-refractivity contribution in [2.24, 2.45) is 11.7 Å². The fraction of sp³-hybridized carbons (Fsp3) is 0.571. The van der Waals surface area contributed by atoms with Gasteiger partial charge in [-0.2, -0.15) is 0 Å². The van der Waals surface area contributed by atoms with Crippen molar-refractivity contribution in [3.05, 3.63) is 27.6 Å². The smallest absolute Gasteiger partial charge is 0.273 e. The van der Waals surface area contributed by atoms with Gasteiger partial charge in [0, 0.05) is 37.9 Å². The molecular formula is C21H28N6O3S. The molecule has 1 atom stereocenters. The van der Waals surface area contributed by atoms with Crippen molar-refractivity contribution in [1.82, 2.24) is 24.1 Å². The summed E-state index contributed by atoms with van der Waals surface area (Å²) in [7, 11) is 0. The molecule has 3 aromatic heterocycles. The molecule has 4 heterocycles. The van der Waals surface area contributed by atoms with Crippen LogP contribution in [-0.4, -0.2) is 49.0 Å². The Morgan fingerprint density at radius 3 is 2.71 bits per heavy atom. The number of nitrogens with zero attached hydrogens (tertiary/aromatic N) is 5. The van der Waals surface area contributed by atoms with Gasteiger partial charge in [0.1, 0.15) is 10.5 Å². The summed E-state index contributed by atoms with van der Waals surface area (Å²) in [5.74, 6) is 1.01. The number of thiophene rings is 1. The van der Waals surface area contributed by atoms with Crippen molar-refractivity contribution in [3.63, 3.8) is 0 Å². The van der Waals surface area contributed by atoms with E-state index in [1.165, 1.54) is 11.3 Å². The Bertz CT molecular complexity index is 1170. The van der Waals surface area contributed by atoms with Crippen LogP contribution in [0, 0.1) is 5.92 Å². The summed E-state index contributed by atoms with van der Waals surface area (Å²) in [4.78, 5) is 38.7. The fourth-order valence-corrected chi connectivity index (χ4v) is 5.07. The first-order valence-electron chi connectivity index (χ1n) is 10.8. The van der Waals surface area contributed by atoms with Crippen molar-refractivity contribution in [2.45, 2.75) is 58.4 Å². The van der Waals surface area contributed by atoms with Gasteiger partial charge in [-0.05, 0) is 44.1 Å². The van der Waals surface area contributed by atoms with Gasteiger partial charge in [0.25, 0.3) is 5.56 Å². The van der Waals surface area contributed by atoms with E-state index in [9.17, 15) is 14.4 Å². The van der Waals surface area contributed by atoms with Crippen LogP contribution in [0.5, 0.6) is 0 Å². The molecule has 0 aliphatic carbocycles. The summed E-state index contributed by atoms with van der Waals surface area (Å²) < 4.78 is 4.38. The predicted octanol–water partition coefficient (Wildman–Crippen LogP) is 2.12. The zero-order valence-electron chi connectivity index (χ0n) is 17.9. The SMILES string of the molecule is CC[C@@H](C)n1c(=O)c2sccc2n2c(CCCC(=O)N3CCC(C(N)=O)CC3)nnc12. The Balaban J connectivity index is 1.50. The van der Waals surface area contributed by atoms with Crippen molar-refractivity contribution < 1.29 is 9.59 Å². The Hall–Kier alpha value is -2.75. The number of likely N-dealkylation sites (tertiary alicyclic amines) is 1. The molecule has 2 N–H and O–H groups in total. The lowest BCUT2D eigenvalue weighted by Crippen LogP contribution is -2.41. The number of hydrogen-bond acceptors (Lipinski definition) is 6. The van der Waals surface area contributed by atoms with Crippen LogP contribution in [0.2, 0.25) is 0 Å². The first kappa shape index (κ1) is 21.5. The number of rotatable bonds is 7. The average molecular weight is 445 g/mol. The van der Waals surface area contributed by atoms with E-state index in [-0.39, 0.29) is 29.3 Å². The Morgan fingerprint density at radius 1 is 1.29 bits per heavy atom. The number of primary amides is 1. The molecule has 10 heteroatoms. The molecule has 3 aromatic rings. The fourth-order valence-electron chi connectivity index (χ4n) is 4.26. The average Bonchev–Trinajstić information content (AvgIpc) is 3.41. The number of hydrogen-bond donors (Lipinski definition) is 1. The van der Waals surface area contributed by atoms with Crippen LogP contribution in [0.4, 0.5) is 0 Å². The van der Waals surface area contributed by atoms with E-state index in [0.717, 1.165) is 17.8 Å². The molecule has 0 saturated carbocycles. The van der Waals surface area contributed by atoms with E-state index < -0.39 is 0 Å². The quantitative estimate of drug-likeness (QED) is 0.599. The van der Waals surface area contributed by atoms with Crippen LogP contribution in [-0.2, 0) is 16.0 Å². The monoisotopic (exact) mass is 444 g/mol. The Labute approximate surface area is 183 Å². The van der Waals surface area contributed by atoms with E-state index >= 15 is 0 Å². The van der Waals surface area contributed by atoms with E-state index in [0.29, 0.717) is 55.7 Å². The molecule has 0 radical (unpaired) electrons. The summed E-state index contributed by atoms with van der Waals surface area (Å²) in [6, 6.07) is 1.94. The molecular weight excluding hydrogens is 416 g/mol. The number of aromatic nitrogens is 4. The first-order chi connectivity index (χ1) is 14.9. The lowest BCUT2D eigenvalue weighted by molar-refractivity contribution is -0.134. The Kier molecular flexibility index (Phi) is 6.08. The zero-order chi connectivity index (χ0) is 22.1. The zero-order valence-corrected chi connectivity index (χ0v) is 18.7. The number of aryl methyl sites for hydroxylation is 1. The topological polar surface area (TPSA) is 116 Å². The van der Waals surface area contributed by atoms with Gasteiger partial charge in [-0.1, -0.05) is 6.92 Å². The van der Waals surface area contributed by atoms with Gasteiger partial charge >= 0.3 is 0 Å². The number of carbonyl (C=O) groups excluding carboxylic acids is 2. The van der Waals surface area contributed by atoms with Crippen LogP contribution < -0.4 is 11.3 Å². The van der Waals surface area contributed by atoms with Gasteiger partial charge in [0.15, 0.2) is 0 Å². The van der Waals surface area contributed by atoms with Crippen LogP contribution in [0.3, 0.4) is 0 Å². The van der Waals surface area contributed by atoms with Gasteiger partial charge < -0.3 is 10.6 Å². The standard InChI is InChI=1S/C21H28N6O3S/c1-3-13(2)26-20(30)18-15(9-12-31-18)27-16(23-24-21(26)27)5-4-6-17(28)25-10-7-14(8-11-25)19(22)29/h9,12-14H,3-8,10-11H2,1-2H3,(H2,22,29)/t13-/m1/s1. The summed E-state index contributed by atoms with van der Waals surface area (Å²) in [6.45, 7) is 5.21. The van der Waals surface area contributed by atoms with Crippen LogP contribution in [0.1, 0.15) is 57.8 Å². The molecule has 31 heavy (non-hydrogen) atoms. The van der Waals surface area contributed by atoms with E-state index in [4.69, 9.17) is 5.73 Å². The van der Waals surface area contributed by atoms with Gasteiger partial charge in [-0.3, -0.25) is 23.4 Å². The van der Waals surface area contributed by atoms with Crippen LogP contribution in [0.25, 0.3) is 16.0 Å². The van der Waals surface area contributed by atoms with Crippen molar-refractivity contribution >= 4 is 39.1 Å². The molecule has 166 valence electrons. The maximum atomic E-state index is 13.0. The highest BCUT2D eigenvalue weighted by Crippen LogP contribution is 2.23. The van der Waals surface area contributed by atoms with Gasteiger partial charge in [0.05, 0.1) is 5.52 Å². The predicted molar refractivity (Wildman–Crippen MR) is 119 cm³/mol. The molecule has 1 aliphatic rings. The third-order valence-electron chi connectivity index (χ3n) is 6.30. The summed E-state index contributed by atoms with van der Waals surface area (Å²) in [5, 5.41) is 10.6. The normalized spacial score (nSPS) is 16.3. The van der Waals surface area contributed by atoms with Gasteiger partial charge in [-0.15, -0.1) is 21.5 Å². The number of piperidine rings is 1. The maximum Gasteiger partial charge on any atom is 0.273 e. The highest BCUT2D eigenvalue weighted by molar-refractivity contribution is 7.17. The highest BCUT2D eigenvalue weighted by Gasteiger charge is 2.26. The van der Waals surface area contributed by atoms with Crippen LogP contribution >= 0.6 is 11.3 Å². The molecule has 0 unspecified atom stereocenters. The first-order valence-corrected chi connectivity index (χ1v) is 11.7. The summed E-state index contributed by atoms with van der Waals surface area (Å²) in [5.41, 5.74) is 6.17. The third kappa shape index (κ3) is 3.96. The molecule has 0 bridgehead atoms. The number of fused-ring (bicyclic) bond motifs is 3. The van der Waals surface area contributed by atoms with Crippen LogP contribution in [0.15, 0.2) is 16.2 Å². The van der Waals surface area contributed by atoms with Crippen molar-refractivity contribution in [2.75, 3.05) is 13.1 Å². The second-order valence-electron chi connectivity index (χ2n) is 8.23. The lowest BCUT2D eigenvalue weighted by atomic mass is 9.96. The molecule has 0 spiro atoms. The number of carbonyl (C=O) groups is 2. The minimum absolute atomic E-state index is 0.0171. The molecule has 0 aromatic carbocycles. The molecule has 1 aliphatic heterocycles. The van der Waals surface area contributed by atoms with E-state index in [1.54, 1.807) is 4.57 Å². The maximum absolute atomic E-state index is 13.0. The third-order valence-corrected chi connectivity index (χ3v) is 7.19. The largest absolute Gasteiger partial charge is 0.369 e. The summed E-state index contributed by atoms with van der Waals surface area (Å²) in [6.07, 6.45) is 3.74. The minimum Gasteiger partial charge on any atom is -0.369 e. The second kappa shape index (κ2) is 8.78. The molecule has 2 amide bonds. The second-order valence-corrected chi connectivity index (χ2v) is 9.15. The van der Waals surface area contributed by atoms with Crippen molar-refractivity contribution in [3.8, 4) is 0 Å². The van der Waals surface area contributed by atoms with E-state index in [2.05, 4.69) is 10.2 Å². The number of amides is 2.